The van der Waals surface area contributed by atoms with Gasteiger partial charge in [-0.25, -0.2) is 4.79 Å². The van der Waals surface area contributed by atoms with E-state index in [2.05, 4.69) is 15.7 Å². The Hall–Kier alpha value is -2.42. The molecule has 0 radical (unpaired) electrons. The Kier molecular flexibility index (Phi) is 4.16. The highest BCUT2D eigenvalue weighted by Crippen LogP contribution is 2.35. The number of nitrogens with one attached hydrogen (secondary N) is 2. The monoisotopic (exact) mass is 344 g/mol. The zero-order chi connectivity index (χ0) is 17.4. The summed E-state index contributed by atoms with van der Waals surface area (Å²) < 4.78 is 13.1. The average Bonchev–Trinajstić information content (AvgIpc) is 3.21. The number of aliphatic hydroxyl groups excluding tert-OH is 1. The van der Waals surface area contributed by atoms with Crippen molar-refractivity contribution in [2.45, 2.75) is 37.5 Å². The minimum atomic E-state index is -0.882. The van der Waals surface area contributed by atoms with E-state index in [9.17, 15) is 9.90 Å². The van der Waals surface area contributed by atoms with Crippen LogP contribution in [0.2, 0.25) is 0 Å². The van der Waals surface area contributed by atoms with Crippen molar-refractivity contribution in [2.75, 3.05) is 11.9 Å². The molecule has 1 aromatic heterocycles. The number of nitrogens with zero attached hydrogens (tertiary/aromatic N) is 2. The normalized spacial score (nSPS) is 30.9. The lowest BCUT2D eigenvalue weighted by Crippen LogP contribution is -2.59. The van der Waals surface area contributed by atoms with Gasteiger partial charge in [0, 0.05) is 11.9 Å². The largest absolute Gasteiger partial charge is 0.388 e. The van der Waals surface area contributed by atoms with Gasteiger partial charge in [-0.3, -0.25) is 4.68 Å². The van der Waals surface area contributed by atoms with Gasteiger partial charge in [0.2, 0.25) is 0 Å². The Bertz CT molecular complexity index is 750. The maximum Gasteiger partial charge on any atom is 0.319 e. The number of amides is 2. The van der Waals surface area contributed by atoms with Crippen molar-refractivity contribution < 1.29 is 19.4 Å². The fraction of sp³-hybridized carbons (Fsp3) is 0.412. The number of rotatable bonds is 3. The van der Waals surface area contributed by atoms with E-state index < -0.39 is 36.6 Å². The van der Waals surface area contributed by atoms with Crippen LogP contribution in [0.25, 0.3) is 0 Å². The number of aliphatic hydroxyl groups is 1. The molecular weight excluding hydrogens is 324 g/mol. The fourth-order valence-electron chi connectivity index (χ4n) is 3.30. The lowest BCUT2D eigenvalue weighted by Gasteiger charge is -2.38. The second-order valence-corrected chi connectivity index (χ2v) is 6.35. The van der Waals surface area contributed by atoms with Gasteiger partial charge in [-0.1, -0.05) is 18.2 Å². The molecule has 3 heterocycles. The van der Waals surface area contributed by atoms with Gasteiger partial charge < -0.3 is 25.2 Å². The number of carbonyl (C=O) groups excluding carboxylic acids is 1. The van der Waals surface area contributed by atoms with E-state index in [1.165, 1.54) is 0 Å². The smallest absolute Gasteiger partial charge is 0.319 e. The van der Waals surface area contributed by atoms with Crippen molar-refractivity contribution in [1.82, 2.24) is 15.1 Å². The predicted octanol–water partition coefficient (Wildman–Crippen LogP) is 1.04. The van der Waals surface area contributed by atoms with E-state index >= 15 is 0 Å². The molecule has 2 aliphatic rings. The second-order valence-electron chi connectivity index (χ2n) is 6.35. The second kappa shape index (κ2) is 6.47. The fourth-order valence-corrected chi connectivity index (χ4v) is 3.30. The summed E-state index contributed by atoms with van der Waals surface area (Å²) in [5.41, 5.74) is 1.64. The number of aromatic nitrogens is 2. The third kappa shape index (κ3) is 3.11. The van der Waals surface area contributed by atoms with Gasteiger partial charge in [0.1, 0.15) is 18.2 Å². The molecule has 132 valence electrons. The number of ether oxygens (including phenoxy) is 2. The molecular formula is C17H20N4O4. The average molecular weight is 344 g/mol. The third-order valence-electron chi connectivity index (χ3n) is 4.50. The van der Waals surface area contributed by atoms with Crippen LogP contribution in [-0.2, 0) is 9.47 Å². The van der Waals surface area contributed by atoms with E-state index in [1.54, 1.807) is 23.0 Å². The van der Waals surface area contributed by atoms with Crippen LogP contribution in [0.15, 0.2) is 42.7 Å². The highest BCUT2D eigenvalue weighted by Gasteiger charge is 2.51. The number of para-hydroxylation sites is 1. The van der Waals surface area contributed by atoms with E-state index in [4.69, 9.17) is 9.47 Å². The molecule has 0 unspecified atom stereocenters. The van der Waals surface area contributed by atoms with E-state index in [-0.39, 0.29) is 0 Å². The zero-order valence-corrected chi connectivity index (χ0v) is 13.7. The highest BCUT2D eigenvalue weighted by atomic mass is 16.7. The Morgan fingerprint density at radius 1 is 1.36 bits per heavy atom. The van der Waals surface area contributed by atoms with E-state index in [0.717, 1.165) is 5.56 Å². The summed E-state index contributed by atoms with van der Waals surface area (Å²) in [6.07, 6.45) is 1.68. The summed E-state index contributed by atoms with van der Waals surface area (Å²) in [7, 11) is 0. The lowest BCUT2D eigenvalue weighted by molar-refractivity contribution is -0.166. The SMILES string of the molecule is Cc1cnn([C@H]2[C@@H]3OC[C@@H](O3)[C@@H](NC(=O)Nc3ccccc3)[C@@H]2O)c1. The molecule has 2 saturated heterocycles. The van der Waals surface area contributed by atoms with Gasteiger partial charge >= 0.3 is 6.03 Å². The maximum atomic E-state index is 12.3. The number of carbonyl (C=O) groups is 1. The zero-order valence-electron chi connectivity index (χ0n) is 13.7. The van der Waals surface area contributed by atoms with Gasteiger partial charge in [-0.15, -0.1) is 0 Å². The molecule has 25 heavy (non-hydrogen) atoms. The highest BCUT2D eigenvalue weighted by molar-refractivity contribution is 5.89. The quantitative estimate of drug-likeness (QED) is 0.773. The minimum absolute atomic E-state index is 0.314. The molecule has 2 aliphatic heterocycles. The van der Waals surface area contributed by atoms with E-state index in [1.807, 2.05) is 31.3 Å². The van der Waals surface area contributed by atoms with Crippen molar-refractivity contribution in [2.24, 2.45) is 0 Å². The van der Waals surface area contributed by atoms with Crippen LogP contribution < -0.4 is 10.6 Å². The molecule has 0 spiro atoms. The van der Waals surface area contributed by atoms with Gasteiger partial charge in [0.15, 0.2) is 6.29 Å². The van der Waals surface area contributed by atoms with Crippen LogP contribution in [0, 0.1) is 6.92 Å². The molecule has 5 atom stereocenters. The van der Waals surface area contributed by atoms with Crippen molar-refractivity contribution in [1.29, 1.82) is 0 Å². The van der Waals surface area contributed by atoms with E-state index in [0.29, 0.717) is 12.3 Å². The molecule has 4 rings (SSSR count). The number of hydrogen-bond acceptors (Lipinski definition) is 5. The van der Waals surface area contributed by atoms with Crippen LogP contribution >= 0.6 is 0 Å². The first-order valence-corrected chi connectivity index (χ1v) is 8.20. The standard InChI is InChI=1S/C17H20N4O4/c1-10-7-18-21(8-10)14-15(22)13(12-9-24-16(14)25-12)20-17(23)19-11-5-3-2-4-6-11/h2-8,12-16,22H,9H2,1H3,(H2,19,20,23)/t12-,13-,14-,15+,16-/m1/s1. The molecule has 3 N–H and O–H groups in total. The molecule has 2 bridgehead atoms. The van der Waals surface area contributed by atoms with Crippen molar-refractivity contribution in [3.63, 3.8) is 0 Å². The Morgan fingerprint density at radius 2 is 2.16 bits per heavy atom. The number of aryl methyl sites for hydroxylation is 1. The number of anilines is 1. The number of hydrogen-bond donors (Lipinski definition) is 3. The first-order valence-electron chi connectivity index (χ1n) is 8.20. The molecule has 2 aromatic rings. The van der Waals surface area contributed by atoms with Crippen molar-refractivity contribution in [3.05, 3.63) is 48.3 Å². The van der Waals surface area contributed by atoms with Crippen molar-refractivity contribution >= 4 is 11.7 Å². The lowest BCUT2D eigenvalue weighted by atomic mass is 9.96. The number of benzene rings is 1. The minimum Gasteiger partial charge on any atom is -0.388 e. The summed E-state index contributed by atoms with van der Waals surface area (Å²) in [6, 6.07) is 7.59. The van der Waals surface area contributed by atoms with Gasteiger partial charge in [0.05, 0.1) is 18.8 Å². The molecule has 2 amide bonds. The summed E-state index contributed by atoms with van der Waals surface area (Å²) in [4.78, 5) is 12.3. The van der Waals surface area contributed by atoms with Crippen LogP contribution in [0.5, 0.6) is 0 Å². The summed E-state index contributed by atoms with van der Waals surface area (Å²) in [5.74, 6) is 0. The van der Waals surface area contributed by atoms with Crippen LogP contribution in [-0.4, -0.2) is 52.1 Å². The summed E-state index contributed by atoms with van der Waals surface area (Å²) in [6.45, 7) is 2.23. The number of urea groups is 1. The molecule has 0 aliphatic carbocycles. The Balaban J connectivity index is 1.49. The first kappa shape index (κ1) is 16.1. The van der Waals surface area contributed by atoms with Crippen molar-refractivity contribution in [3.8, 4) is 0 Å². The van der Waals surface area contributed by atoms with Crippen LogP contribution in [0.3, 0.4) is 0 Å². The number of fused-ring (bicyclic) bond motifs is 2. The topological polar surface area (TPSA) is 97.6 Å². The Labute approximate surface area is 144 Å². The van der Waals surface area contributed by atoms with Gasteiger partial charge in [0.25, 0.3) is 0 Å². The molecule has 2 fully saturated rings. The molecule has 8 nitrogen and oxygen atoms in total. The third-order valence-corrected chi connectivity index (χ3v) is 4.50. The summed E-state index contributed by atoms with van der Waals surface area (Å²) in [5, 5.41) is 20.6. The predicted molar refractivity (Wildman–Crippen MR) is 89.0 cm³/mol. The summed E-state index contributed by atoms with van der Waals surface area (Å²) >= 11 is 0. The van der Waals surface area contributed by atoms with Crippen LogP contribution in [0.4, 0.5) is 10.5 Å². The molecule has 1 aromatic carbocycles. The maximum absolute atomic E-state index is 12.3. The molecule has 8 heteroatoms. The van der Waals surface area contributed by atoms with Gasteiger partial charge in [-0.05, 0) is 24.6 Å². The van der Waals surface area contributed by atoms with Crippen LogP contribution in [0.1, 0.15) is 11.6 Å². The molecule has 0 saturated carbocycles. The Morgan fingerprint density at radius 3 is 2.88 bits per heavy atom. The first-order chi connectivity index (χ1) is 12.1. The van der Waals surface area contributed by atoms with Gasteiger partial charge in [-0.2, -0.15) is 5.10 Å².